The molecule has 0 aliphatic carbocycles. The molecule has 0 fully saturated rings. The molecule has 0 bridgehead atoms. The largest absolute Gasteiger partial charge is 0.497 e. The molecular formula is C31H38FN3O6S. The van der Waals surface area contributed by atoms with Gasteiger partial charge < -0.3 is 19.7 Å². The summed E-state index contributed by atoms with van der Waals surface area (Å²) in [6.07, 6.45) is 0.263. The molecule has 0 saturated heterocycles. The minimum atomic E-state index is -4.31. The fourth-order valence-electron chi connectivity index (χ4n) is 4.43. The van der Waals surface area contributed by atoms with Gasteiger partial charge in [0.1, 0.15) is 29.9 Å². The molecule has 11 heteroatoms. The first kappa shape index (κ1) is 32.4. The zero-order valence-electron chi connectivity index (χ0n) is 24.8. The van der Waals surface area contributed by atoms with Gasteiger partial charge in [-0.15, -0.1) is 0 Å². The molecule has 3 aromatic carbocycles. The first-order chi connectivity index (χ1) is 19.9. The van der Waals surface area contributed by atoms with Crippen molar-refractivity contribution < 1.29 is 31.9 Å². The van der Waals surface area contributed by atoms with Crippen LogP contribution in [-0.4, -0.2) is 58.0 Å². The van der Waals surface area contributed by atoms with Gasteiger partial charge in [0.2, 0.25) is 11.8 Å². The molecule has 9 nitrogen and oxygen atoms in total. The Balaban J connectivity index is 2.15. The Labute approximate surface area is 247 Å². The van der Waals surface area contributed by atoms with Crippen molar-refractivity contribution >= 4 is 27.5 Å². The monoisotopic (exact) mass is 599 g/mol. The van der Waals surface area contributed by atoms with E-state index in [-0.39, 0.29) is 41.2 Å². The van der Waals surface area contributed by atoms with Crippen LogP contribution < -0.4 is 19.1 Å². The lowest BCUT2D eigenvalue weighted by Gasteiger charge is -2.34. The number of halogens is 1. The highest BCUT2D eigenvalue weighted by Gasteiger charge is 2.35. The molecule has 1 N–H and O–H groups in total. The minimum absolute atomic E-state index is 0.0274. The summed E-state index contributed by atoms with van der Waals surface area (Å²) >= 11 is 0. The first-order valence-corrected chi connectivity index (χ1v) is 15.0. The molecule has 3 rings (SSSR count). The highest BCUT2D eigenvalue weighted by atomic mass is 32.2. The van der Waals surface area contributed by atoms with E-state index < -0.39 is 34.3 Å². The van der Waals surface area contributed by atoms with E-state index in [9.17, 15) is 22.4 Å². The number of sulfonamides is 1. The number of benzene rings is 3. The third-order valence-electron chi connectivity index (χ3n) is 6.63. The van der Waals surface area contributed by atoms with Crippen LogP contribution in [0.1, 0.15) is 38.3 Å². The minimum Gasteiger partial charge on any atom is -0.497 e. The van der Waals surface area contributed by atoms with Crippen molar-refractivity contribution in [3.05, 3.63) is 83.7 Å². The van der Waals surface area contributed by atoms with Crippen molar-refractivity contribution in [3.8, 4) is 11.5 Å². The van der Waals surface area contributed by atoms with Crippen LogP contribution in [0, 0.1) is 12.7 Å². The van der Waals surface area contributed by atoms with E-state index in [0.717, 1.165) is 9.87 Å². The van der Waals surface area contributed by atoms with Crippen LogP contribution >= 0.6 is 0 Å². The number of aryl methyl sites for hydroxylation is 1. The number of nitrogens with zero attached hydrogens (tertiary/aromatic N) is 2. The predicted octanol–water partition coefficient (Wildman–Crippen LogP) is 4.68. The van der Waals surface area contributed by atoms with E-state index in [1.165, 1.54) is 61.6 Å². The summed E-state index contributed by atoms with van der Waals surface area (Å²) in [4.78, 5) is 28.7. The van der Waals surface area contributed by atoms with Crippen LogP contribution in [0.2, 0.25) is 0 Å². The Bertz CT molecular complexity index is 1480. The van der Waals surface area contributed by atoms with E-state index in [4.69, 9.17) is 9.47 Å². The fourth-order valence-corrected chi connectivity index (χ4v) is 5.85. The highest BCUT2D eigenvalue weighted by Crippen LogP contribution is 2.36. The van der Waals surface area contributed by atoms with Gasteiger partial charge in [-0.1, -0.05) is 36.8 Å². The summed E-state index contributed by atoms with van der Waals surface area (Å²) in [5, 5.41) is 2.84. The lowest BCUT2D eigenvalue weighted by molar-refractivity contribution is -0.140. The molecule has 0 saturated carbocycles. The maximum atomic E-state index is 14.2. The van der Waals surface area contributed by atoms with Crippen molar-refractivity contribution in [1.82, 2.24) is 10.2 Å². The van der Waals surface area contributed by atoms with Crippen molar-refractivity contribution in [1.29, 1.82) is 0 Å². The van der Waals surface area contributed by atoms with Gasteiger partial charge in [0.25, 0.3) is 10.0 Å². The van der Waals surface area contributed by atoms with Gasteiger partial charge in [-0.05, 0) is 69.2 Å². The summed E-state index contributed by atoms with van der Waals surface area (Å²) in [6, 6.07) is 15.4. The number of rotatable bonds is 13. The number of anilines is 1. The van der Waals surface area contributed by atoms with E-state index in [2.05, 4.69) is 5.32 Å². The topological polar surface area (TPSA) is 105 Å². The number of hydrogen-bond donors (Lipinski definition) is 1. The van der Waals surface area contributed by atoms with Gasteiger partial charge in [0, 0.05) is 18.7 Å². The SMILES string of the molecule is CC[C@@H](C(=O)NC(C)C)N(Cc1ccc(F)cc1)C(=O)CN(c1cc(OC)ccc1OC)S(=O)(=O)c1ccc(C)cc1. The number of ether oxygens (including phenoxy) is 2. The van der Waals surface area contributed by atoms with Gasteiger partial charge in [-0.3, -0.25) is 13.9 Å². The Kier molecular flexibility index (Phi) is 10.9. The number of carbonyl (C=O) groups excluding carboxylic acids is 2. The second-order valence-electron chi connectivity index (χ2n) is 10.1. The van der Waals surface area contributed by atoms with Crippen LogP contribution in [0.15, 0.2) is 71.6 Å². The standard InChI is InChI=1S/C31H38FN3O6S/c1-7-27(31(37)33-21(2)3)34(19-23-10-12-24(32)13-11-23)30(36)20-35(28-18-25(40-5)14-17-29(28)41-6)42(38,39)26-15-8-22(4)9-16-26/h8-18,21,27H,7,19-20H2,1-6H3,(H,33,37)/t27-/m0/s1. The summed E-state index contributed by atoms with van der Waals surface area (Å²) in [5.74, 6) is -0.899. The average molecular weight is 600 g/mol. The average Bonchev–Trinajstić information content (AvgIpc) is 2.96. The van der Waals surface area contributed by atoms with E-state index >= 15 is 0 Å². The highest BCUT2D eigenvalue weighted by molar-refractivity contribution is 7.92. The summed E-state index contributed by atoms with van der Waals surface area (Å²) in [7, 11) is -1.47. The normalized spacial score (nSPS) is 12.0. The van der Waals surface area contributed by atoms with Crippen molar-refractivity contribution in [2.24, 2.45) is 0 Å². The van der Waals surface area contributed by atoms with E-state index in [1.807, 2.05) is 20.8 Å². The van der Waals surface area contributed by atoms with Crippen LogP contribution in [-0.2, 0) is 26.2 Å². The van der Waals surface area contributed by atoms with Gasteiger partial charge in [0.05, 0.1) is 24.8 Å². The Morgan fingerprint density at radius 3 is 2.14 bits per heavy atom. The molecule has 1 atom stereocenters. The van der Waals surface area contributed by atoms with Gasteiger partial charge in [0.15, 0.2) is 0 Å². The van der Waals surface area contributed by atoms with Crippen LogP contribution in [0.25, 0.3) is 0 Å². The molecule has 42 heavy (non-hydrogen) atoms. The summed E-state index contributed by atoms with van der Waals surface area (Å²) < 4.78 is 53.7. The maximum absolute atomic E-state index is 14.2. The predicted molar refractivity (Wildman–Crippen MR) is 160 cm³/mol. The lowest BCUT2D eigenvalue weighted by atomic mass is 10.1. The second kappa shape index (κ2) is 14.2. The zero-order chi connectivity index (χ0) is 31.0. The molecule has 226 valence electrons. The zero-order valence-corrected chi connectivity index (χ0v) is 25.6. The van der Waals surface area contributed by atoms with E-state index in [0.29, 0.717) is 11.3 Å². The molecule has 0 aliphatic heterocycles. The molecule has 2 amide bonds. The van der Waals surface area contributed by atoms with Crippen molar-refractivity contribution in [2.45, 2.75) is 57.6 Å². The van der Waals surface area contributed by atoms with Crippen molar-refractivity contribution in [3.63, 3.8) is 0 Å². The molecule has 0 radical (unpaired) electrons. The van der Waals surface area contributed by atoms with Crippen LogP contribution in [0.5, 0.6) is 11.5 Å². The smallest absolute Gasteiger partial charge is 0.264 e. The summed E-state index contributed by atoms with van der Waals surface area (Å²) in [6.45, 7) is 6.53. The maximum Gasteiger partial charge on any atom is 0.264 e. The lowest BCUT2D eigenvalue weighted by Crippen LogP contribution is -2.53. The van der Waals surface area contributed by atoms with Crippen LogP contribution in [0.3, 0.4) is 0 Å². The molecule has 0 spiro atoms. The van der Waals surface area contributed by atoms with Crippen molar-refractivity contribution in [2.75, 3.05) is 25.1 Å². The van der Waals surface area contributed by atoms with Gasteiger partial charge >= 0.3 is 0 Å². The number of amides is 2. The van der Waals surface area contributed by atoms with Crippen LogP contribution in [0.4, 0.5) is 10.1 Å². The Hall–Kier alpha value is -4.12. The molecule has 3 aromatic rings. The first-order valence-electron chi connectivity index (χ1n) is 13.6. The molecule has 0 heterocycles. The number of nitrogens with one attached hydrogen (secondary N) is 1. The molecule has 0 unspecified atom stereocenters. The Morgan fingerprint density at radius 2 is 1.60 bits per heavy atom. The number of hydrogen-bond acceptors (Lipinski definition) is 6. The third kappa shape index (κ3) is 7.79. The van der Waals surface area contributed by atoms with E-state index in [1.54, 1.807) is 31.2 Å². The molecular weight excluding hydrogens is 561 g/mol. The quantitative estimate of drug-likeness (QED) is 0.306. The molecule has 0 aliphatic rings. The fraction of sp³-hybridized carbons (Fsp3) is 0.355. The van der Waals surface area contributed by atoms with Gasteiger partial charge in [-0.25, -0.2) is 12.8 Å². The van der Waals surface area contributed by atoms with Gasteiger partial charge in [-0.2, -0.15) is 0 Å². The second-order valence-corrected chi connectivity index (χ2v) is 12.0. The Morgan fingerprint density at radius 1 is 0.952 bits per heavy atom. The number of carbonyl (C=O) groups is 2. The third-order valence-corrected chi connectivity index (χ3v) is 8.40. The molecule has 0 aromatic heterocycles. The number of methoxy groups -OCH3 is 2. The summed E-state index contributed by atoms with van der Waals surface area (Å²) in [5.41, 5.74) is 1.53.